The van der Waals surface area contributed by atoms with Crippen molar-refractivity contribution in [3.8, 4) is 11.8 Å². The highest BCUT2D eigenvalue weighted by atomic mass is 19.4. The molecule has 0 unspecified atom stereocenters. The molecular formula is C32H32F4N4O4. The molecule has 0 spiro atoms. The number of carbonyl (C=O) groups excluding carboxylic acids is 2. The van der Waals surface area contributed by atoms with E-state index in [0.717, 1.165) is 30.5 Å². The molecule has 8 nitrogen and oxygen atoms in total. The molecule has 0 saturated carbocycles. The average molecular weight is 613 g/mol. The minimum Gasteiger partial charge on any atom is -0.469 e. The first kappa shape index (κ1) is 32.3. The Morgan fingerprint density at radius 1 is 1.05 bits per heavy atom. The van der Waals surface area contributed by atoms with E-state index >= 15 is 0 Å². The van der Waals surface area contributed by atoms with E-state index in [4.69, 9.17) is 4.74 Å². The molecule has 0 bridgehead atoms. The van der Waals surface area contributed by atoms with Gasteiger partial charge < -0.3 is 19.7 Å². The molecule has 2 aromatic carbocycles. The molecule has 1 aromatic heterocycles. The number of benzene rings is 2. The molecule has 0 atom stereocenters. The molecule has 1 aliphatic heterocycles. The summed E-state index contributed by atoms with van der Waals surface area (Å²) in [5.74, 6) is 3.74. The number of rotatable bonds is 5. The number of alkyl halides is 3. The topological polar surface area (TPSA) is 93.7 Å². The number of hydrogen-bond acceptors (Lipinski definition) is 7. The van der Waals surface area contributed by atoms with Crippen LogP contribution in [0.4, 0.5) is 34.0 Å². The van der Waals surface area contributed by atoms with Gasteiger partial charge in [0.05, 0.1) is 13.5 Å². The summed E-state index contributed by atoms with van der Waals surface area (Å²) in [4.78, 5) is 33.6. The largest absolute Gasteiger partial charge is 0.469 e. The molecule has 3 aromatic rings. The van der Waals surface area contributed by atoms with Crippen LogP contribution in [0.3, 0.4) is 0 Å². The van der Waals surface area contributed by atoms with Crippen LogP contribution in [0.5, 0.6) is 0 Å². The zero-order valence-electron chi connectivity index (χ0n) is 24.7. The third-order valence-electron chi connectivity index (χ3n) is 6.83. The van der Waals surface area contributed by atoms with Crippen molar-refractivity contribution in [2.75, 3.05) is 25.5 Å². The maximum Gasteiger partial charge on any atom is 0.420 e. The van der Waals surface area contributed by atoms with Crippen LogP contribution >= 0.6 is 0 Å². The van der Waals surface area contributed by atoms with Gasteiger partial charge in [-0.05, 0) is 80.8 Å². The number of likely N-dealkylation sites (tertiary alicyclic amines) is 1. The normalized spacial score (nSPS) is 14.0. The number of anilines is 2. The number of ether oxygens (including phenoxy) is 2. The molecule has 1 aliphatic rings. The lowest BCUT2D eigenvalue weighted by Crippen LogP contribution is -2.41. The summed E-state index contributed by atoms with van der Waals surface area (Å²) in [6.45, 7) is 6.63. The lowest BCUT2D eigenvalue weighted by Gasteiger charge is -2.33. The number of hydrogen-bond donors (Lipinski definition) is 1. The zero-order chi connectivity index (χ0) is 32.1. The molecule has 2 heterocycles. The van der Waals surface area contributed by atoms with Gasteiger partial charge in [0, 0.05) is 30.5 Å². The summed E-state index contributed by atoms with van der Waals surface area (Å²) in [6, 6.07) is 10.8. The standard InChI is InChI=1S/C32H32F4N4O4/c1-31(2,3)44-30(42)40-15-13-21(14-16-40)20-6-10-25(11-7-20)38-29-37-19-26(32(34,35)36)27(39-29)12-8-22-17-24(33)9-5-23(22)18-28(41)43-4/h5-7,9-11,17,19,21H,13-16,18H2,1-4H3,(H,37,38,39). The molecule has 1 N–H and O–H groups in total. The molecule has 1 saturated heterocycles. The first-order chi connectivity index (χ1) is 20.7. The summed E-state index contributed by atoms with van der Waals surface area (Å²) in [6.07, 6.45) is -3.19. The Kier molecular flexibility index (Phi) is 9.77. The highest BCUT2D eigenvalue weighted by molar-refractivity contribution is 5.73. The second kappa shape index (κ2) is 13.3. The number of methoxy groups -OCH3 is 1. The Labute approximate surface area is 252 Å². The van der Waals surface area contributed by atoms with Crippen LogP contribution in [0.2, 0.25) is 0 Å². The van der Waals surface area contributed by atoms with E-state index in [1.54, 1.807) is 17.0 Å². The monoisotopic (exact) mass is 612 g/mol. The van der Waals surface area contributed by atoms with Gasteiger partial charge in [0.1, 0.15) is 22.7 Å². The molecule has 0 radical (unpaired) electrons. The molecule has 1 fully saturated rings. The molecule has 1 amide bonds. The molecule has 0 aliphatic carbocycles. The summed E-state index contributed by atoms with van der Waals surface area (Å²) < 4.78 is 65.2. The fraction of sp³-hybridized carbons (Fsp3) is 0.375. The maximum absolute atomic E-state index is 13.9. The third-order valence-corrected chi connectivity index (χ3v) is 6.83. The van der Waals surface area contributed by atoms with Crippen molar-refractivity contribution < 1.29 is 36.6 Å². The van der Waals surface area contributed by atoms with Crippen molar-refractivity contribution >= 4 is 23.7 Å². The van der Waals surface area contributed by atoms with E-state index in [1.165, 1.54) is 13.2 Å². The Hall–Kier alpha value is -4.66. The van der Waals surface area contributed by atoms with Crippen LogP contribution in [0.15, 0.2) is 48.7 Å². The number of nitrogens with one attached hydrogen (secondary N) is 1. The second-order valence-electron chi connectivity index (χ2n) is 11.2. The van der Waals surface area contributed by atoms with Gasteiger partial charge in [-0.15, -0.1) is 0 Å². The number of nitrogens with zero attached hydrogens (tertiary/aromatic N) is 3. The van der Waals surface area contributed by atoms with E-state index < -0.39 is 34.8 Å². The first-order valence-electron chi connectivity index (χ1n) is 13.9. The number of amides is 1. The van der Waals surface area contributed by atoms with E-state index in [-0.39, 0.29) is 29.9 Å². The van der Waals surface area contributed by atoms with Gasteiger partial charge in [-0.2, -0.15) is 13.2 Å². The number of piperidine rings is 1. The van der Waals surface area contributed by atoms with Gasteiger partial charge in [-0.1, -0.05) is 24.1 Å². The van der Waals surface area contributed by atoms with Crippen molar-refractivity contribution in [2.24, 2.45) is 0 Å². The Morgan fingerprint density at radius 3 is 2.34 bits per heavy atom. The van der Waals surface area contributed by atoms with Crippen LogP contribution in [0.1, 0.15) is 67.5 Å². The number of carbonyl (C=O) groups is 2. The minimum absolute atomic E-state index is 0.0316. The summed E-state index contributed by atoms with van der Waals surface area (Å²) in [5.41, 5.74) is -0.392. The van der Waals surface area contributed by atoms with Crippen LogP contribution in [0, 0.1) is 17.7 Å². The molecular weight excluding hydrogens is 580 g/mol. The van der Waals surface area contributed by atoms with Crippen LogP contribution < -0.4 is 5.32 Å². The van der Waals surface area contributed by atoms with Crippen LogP contribution in [-0.4, -0.2) is 52.7 Å². The van der Waals surface area contributed by atoms with E-state index in [2.05, 4.69) is 31.9 Å². The number of aromatic nitrogens is 2. The third kappa shape index (κ3) is 8.69. The average Bonchev–Trinajstić information content (AvgIpc) is 2.96. The van der Waals surface area contributed by atoms with E-state index in [9.17, 15) is 27.2 Å². The van der Waals surface area contributed by atoms with Crippen LogP contribution in [0.25, 0.3) is 0 Å². The van der Waals surface area contributed by atoms with Crippen LogP contribution in [-0.2, 0) is 26.9 Å². The summed E-state index contributed by atoms with van der Waals surface area (Å²) in [5, 5.41) is 2.90. The minimum atomic E-state index is -4.79. The van der Waals surface area contributed by atoms with Gasteiger partial charge in [0.25, 0.3) is 0 Å². The Bertz CT molecular complexity index is 1570. The molecule has 232 valence electrons. The highest BCUT2D eigenvalue weighted by Crippen LogP contribution is 2.32. The van der Waals surface area contributed by atoms with E-state index in [1.807, 2.05) is 32.9 Å². The summed E-state index contributed by atoms with van der Waals surface area (Å²) >= 11 is 0. The van der Waals surface area contributed by atoms with Crippen molar-refractivity contribution in [2.45, 2.75) is 57.7 Å². The SMILES string of the molecule is COC(=O)Cc1ccc(F)cc1C#Cc1nc(Nc2ccc(C3CCN(C(=O)OC(C)(C)C)CC3)cc2)ncc1C(F)(F)F. The zero-order valence-corrected chi connectivity index (χ0v) is 24.7. The molecule has 4 rings (SSSR count). The predicted molar refractivity (Wildman–Crippen MR) is 155 cm³/mol. The highest BCUT2D eigenvalue weighted by Gasteiger charge is 2.35. The Morgan fingerprint density at radius 2 is 1.73 bits per heavy atom. The number of halogens is 4. The predicted octanol–water partition coefficient (Wildman–Crippen LogP) is 6.61. The quantitative estimate of drug-likeness (QED) is 0.197. The fourth-order valence-corrected chi connectivity index (χ4v) is 4.61. The Balaban J connectivity index is 1.50. The maximum atomic E-state index is 13.9. The van der Waals surface area contributed by atoms with Gasteiger partial charge in [0.15, 0.2) is 0 Å². The van der Waals surface area contributed by atoms with Gasteiger partial charge in [0.2, 0.25) is 5.95 Å². The second-order valence-corrected chi connectivity index (χ2v) is 11.2. The lowest BCUT2D eigenvalue weighted by molar-refractivity contribution is -0.140. The smallest absolute Gasteiger partial charge is 0.420 e. The molecule has 44 heavy (non-hydrogen) atoms. The van der Waals surface area contributed by atoms with Crippen molar-refractivity contribution in [1.29, 1.82) is 0 Å². The van der Waals surface area contributed by atoms with Gasteiger partial charge >= 0.3 is 18.2 Å². The van der Waals surface area contributed by atoms with Gasteiger partial charge in [-0.25, -0.2) is 19.2 Å². The van der Waals surface area contributed by atoms with Crippen molar-refractivity contribution in [3.63, 3.8) is 0 Å². The van der Waals surface area contributed by atoms with Crippen molar-refractivity contribution in [3.05, 3.63) is 82.4 Å². The lowest BCUT2D eigenvalue weighted by atomic mass is 9.89. The first-order valence-corrected chi connectivity index (χ1v) is 13.9. The van der Waals surface area contributed by atoms with Crippen molar-refractivity contribution in [1.82, 2.24) is 14.9 Å². The number of esters is 1. The molecule has 12 heteroatoms. The van der Waals surface area contributed by atoms with E-state index in [0.29, 0.717) is 30.5 Å². The fourth-order valence-electron chi connectivity index (χ4n) is 4.61. The van der Waals surface area contributed by atoms with Gasteiger partial charge in [-0.3, -0.25) is 4.79 Å². The summed E-state index contributed by atoms with van der Waals surface area (Å²) in [7, 11) is 1.19.